The third-order valence-electron chi connectivity index (χ3n) is 4.70. The van der Waals surface area contributed by atoms with Gasteiger partial charge in [0.25, 0.3) is 0 Å². The molecule has 3 rings (SSSR count). The topological polar surface area (TPSA) is 64.2 Å². The van der Waals surface area contributed by atoms with Gasteiger partial charge in [0.05, 0.1) is 16.6 Å². The van der Waals surface area contributed by atoms with Crippen LogP contribution in [0, 0.1) is 5.92 Å². The van der Waals surface area contributed by atoms with Crippen molar-refractivity contribution in [3.05, 3.63) is 34.2 Å². The molecule has 1 aliphatic carbocycles. The highest BCUT2D eigenvalue weighted by Crippen LogP contribution is 2.30. The summed E-state index contributed by atoms with van der Waals surface area (Å²) in [5, 5.41) is 9.25. The van der Waals surface area contributed by atoms with E-state index in [0.717, 1.165) is 36.7 Å². The van der Waals surface area contributed by atoms with E-state index in [4.69, 9.17) is 0 Å². The number of hydrogen-bond acceptors (Lipinski definition) is 2. The lowest BCUT2D eigenvalue weighted by molar-refractivity contribution is 0.0697. The lowest BCUT2D eigenvalue weighted by Gasteiger charge is -2.23. The van der Waals surface area contributed by atoms with E-state index in [9.17, 15) is 14.7 Å². The summed E-state index contributed by atoms with van der Waals surface area (Å²) < 4.78 is 3.66. The highest BCUT2D eigenvalue weighted by Gasteiger charge is 2.23. The van der Waals surface area contributed by atoms with E-state index in [0.29, 0.717) is 12.5 Å². The van der Waals surface area contributed by atoms with Gasteiger partial charge in [0.15, 0.2) is 0 Å². The maximum atomic E-state index is 13.0. The monoisotopic (exact) mass is 316 g/mol. The summed E-state index contributed by atoms with van der Waals surface area (Å²) in [7, 11) is 0. The van der Waals surface area contributed by atoms with Gasteiger partial charge >= 0.3 is 11.7 Å². The van der Waals surface area contributed by atoms with Crippen molar-refractivity contribution < 1.29 is 9.90 Å². The second-order valence-corrected chi connectivity index (χ2v) is 6.96. The molecule has 0 spiro atoms. The number of hydrogen-bond donors (Lipinski definition) is 1. The van der Waals surface area contributed by atoms with E-state index >= 15 is 0 Å². The molecule has 0 unspecified atom stereocenters. The van der Waals surface area contributed by atoms with Gasteiger partial charge in [-0.15, -0.1) is 0 Å². The van der Waals surface area contributed by atoms with Gasteiger partial charge in [0.2, 0.25) is 0 Å². The molecule has 1 aromatic carbocycles. The minimum absolute atomic E-state index is 0.00291. The van der Waals surface area contributed by atoms with Crippen LogP contribution >= 0.6 is 0 Å². The third-order valence-corrected chi connectivity index (χ3v) is 4.70. The van der Waals surface area contributed by atoms with Crippen molar-refractivity contribution in [2.24, 2.45) is 5.92 Å². The molecule has 0 amide bonds. The smallest absolute Gasteiger partial charge is 0.335 e. The lowest BCUT2D eigenvalue weighted by Crippen LogP contribution is -2.29. The van der Waals surface area contributed by atoms with Crippen molar-refractivity contribution in [3.63, 3.8) is 0 Å². The van der Waals surface area contributed by atoms with Gasteiger partial charge in [-0.3, -0.25) is 9.13 Å². The summed E-state index contributed by atoms with van der Waals surface area (Å²) in [5.74, 6) is -0.632. The first-order chi connectivity index (χ1) is 11.0. The van der Waals surface area contributed by atoms with Crippen LogP contribution in [0.1, 0.15) is 62.4 Å². The fraction of sp³-hybridized carbons (Fsp3) is 0.556. The highest BCUT2D eigenvalue weighted by atomic mass is 16.4. The average Bonchev–Trinajstić information content (AvgIpc) is 2.79. The van der Waals surface area contributed by atoms with Crippen molar-refractivity contribution in [2.75, 3.05) is 0 Å². The highest BCUT2D eigenvalue weighted by molar-refractivity contribution is 5.92. The Morgan fingerprint density at radius 1 is 1.22 bits per heavy atom. The summed E-state index contributed by atoms with van der Waals surface area (Å²) in [6, 6.07) is 5.28. The van der Waals surface area contributed by atoms with Gasteiger partial charge in [-0.1, -0.05) is 33.1 Å². The fourth-order valence-corrected chi connectivity index (χ4v) is 3.65. The Kier molecular flexibility index (Phi) is 4.28. The predicted octanol–water partition coefficient (Wildman–Crippen LogP) is 3.66. The Hall–Kier alpha value is -2.04. The lowest BCUT2D eigenvalue weighted by atomic mass is 9.95. The number of carbonyl (C=O) groups is 1. The van der Waals surface area contributed by atoms with Crippen molar-refractivity contribution in [3.8, 4) is 0 Å². The van der Waals surface area contributed by atoms with Gasteiger partial charge in [0, 0.05) is 12.6 Å². The van der Waals surface area contributed by atoms with Crippen LogP contribution in [0.5, 0.6) is 0 Å². The number of aromatic carboxylic acids is 1. The number of aromatic nitrogens is 2. The molecule has 0 saturated heterocycles. The van der Waals surface area contributed by atoms with Crippen LogP contribution in [0.3, 0.4) is 0 Å². The molecule has 1 fully saturated rings. The quantitative estimate of drug-likeness (QED) is 0.936. The second kappa shape index (κ2) is 6.22. The molecule has 0 radical (unpaired) electrons. The predicted molar refractivity (Wildman–Crippen MR) is 90.1 cm³/mol. The van der Waals surface area contributed by atoms with E-state index in [1.54, 1.807) is 22.8 Å². The first kappa shape index (κ1) is 15.8. The van der Waals surface area contributed by atoms with Crippen molar-refractivity contribution in [1.82, 2.24) is 9.13 Å². The van der Waals surface area contributed by atoms with Crippen LogP contribution in [0.4, 0.5) is 0 Å². The Morgan fingerprint density at radius 2 is 1.91 bits per heavy atom. The third kappa shape index (κ3) is 2.92. The van der Waals surface area contributed by atoms with Crippen LogP contribution in [0.2, 0.25) is 0 Å². The van der Waals surface area contributed by atoms with Crippen LogP contribution < -0.4 is 5.69 Å². The number of carboxylic acid groups (broad SMARTS) is 1. The fourth-order valence-electron chi connectivity index (χ4n) is 3.65. The van der Waals surface area contributed by atoms with Crippen molar-refractivity contribution in [1.29, 1.82) is 0 Å². The molecule has 124 valence electrons. The Labute approximate surface area is 135 Å². The molecule has 0 atom stereocenters. The Balaban J connectivity index is 2.21. The molecule has 1 heterocycles. The molecule has 2 aromatic rings. The van der Waals surface area contributed by atoms with Crippen molar-refractivity contribution in [2.45, 2.75) is 58.5 Å². The first-order valence-electron chi connectivity index (χ1n) is 8.47. The van der Waals surface area contributed by atoms with Gasteiger partial charge in [-0.2, -0.15) is 0 Å². The second-order valence-electron chi connectivity index (χ2n) is 6.96. The molecule has 1 aromatic heterocycles. The van der Waals surface area contributed by atoms with E-state index in [-0.39, 0.29) is 17.3 Å². The number of carboxylic acids is 1. The Bertz CT molecular complexity index is 779. The van der Waals surface area contributed by atoms with Gasteiger partial charge < -0.3 is 5.11 Å². The van der Waals surface area contributed by atoms with E-state index in [2.05, 4.69) is 13.8 Å². The van der Waals surface area contributed by atoms with Crippen LogP contribution in [0.15, 0.2) is 23.0 Å². The largest absolute Gasteiger partial charge is 0.478 e. The zero-order valence-corrected chi connectivity index (χ0v) is 13.8. The molecular formula is C18H24N2O3. The summed E-state index contributed by atoms with van der Waals surface area (Å²) in [5.41, 5.74) is 1.85. The molecule has 1 aliphatic rings. The number of nitrogens with zero attached hydrogens (tertiary/aromatic N) is 2. The SMILES string of the molecule is CC(C)Cn1c(=O)n(C2CCCCC2)c2ccc(C(=O)O)cc21. The maximum absolute atomic E-state index is 13.0. The number of rotatable bonds is 4. The maximum Gasteiger partial charge on any atom is 0.335 e. The number of imidazole rings is 1. The molecule has 0 bridgehead atoms. The summed E-state index contributed by atoms with van der Waals surface area (Å²) in [6.45, 7) is 4.74. The van der Waals surface area contributed by atoms with E-state index in [1.165, 1.54) is 6.42 Å². The standard InChI is InChI=1S/C18H24N2O3/c1-12(2)11-19-16-10-13(17(21)22)8-9-15(16)20(18(19)23)14-6-4-3-5-7-14/h8-10,12,14H,3-7,11H2,1-2H3,(H,21,22). The molecular weight excluding hydrogens is 292 g/mol. The van der Waals surface area contributed by atoms with Gasteiger partial charge in [-0.25, -0.2) is 9.59 Å². The Morgan fingerprint density at radius 3 is 2.52 bits per heavy atom. The molecule has 5 nitrogen and oxygen atoms in total. The van der Waals surface area contributed by atoms with Gasteiger partial charge in [0.1, 0.15) is 0 Å². The van der Waals surface area contributed by atoms with Gasteiger partial charge in [-0.05, 0) is 37.0 Å². The number of fused-ring (bicyclic) bond motifs is 1. The molecule has 5 heteroatoms. The van der Waals surface area contributed by atoms with E-state index in [1.807, 2.05) is 4.57 Å². The summed E-state index contributed by atoms with van der Waals surface area (Å²) in [4.78, 5) is 24.3. The summed E-state index contributed by atoms with van der Waals surface area (Å²) >= 11 is 0. The molecule has 0 aliphatic heterocycles. The van der Waals surface area contributed by atoms with Crippen LogP contribution in [-0.4, -0.2) is 20.2 Å². The zero-order chi connectivity index (χ0) is 16.6. The summed E-state index contributed by atoms with van der Waals surface area (Å²) in [6.07, 6.45) is 5.60. The molecule has 23 heavy (non-hydrogen) atoms. The first-order valence-corrected chi connectivity index (χ1v) is 8.47. The molecule has 1 saturated carbocycles. The minimum Gasteiger partial charge on any atom is -0.478 e. The van der Waals surface area contributed by atoms with E-state index < -0.39 is 5.97 Å². The van der Waals surface area contributed by atoms with Crippen LogP contribution in [0.25, 0.3) is 11.0 Å². The number of benzene rings is 1. The zero-order valence-electron chi connectivity index (χ0n) is 13.8. The molecule has 1 N–H and O–H groups in total. The van der Waals surface area contributed by atoms with Crippen molar-refractivity contribution >= 4 is 17.0 Å². The van der Waals surface area contributed by atoms with Crippen LogP contribution in [-0.2, 0) is 6.54 Å². The normalized spacial score (nSPS) is 16.3. The minimum atomic E-state index is -0.958. The average molecular weight is 316 g/mol.